The van der Waals surface area contributed by atoms with Gasteiger partial charge in [-0.3, -0.25) is 14.4 Å². The number of aromatic nitrogens is 6. The maximum Gasteiger partial charge on any atom is 0.422 e. The number of alkyl halides is 9. The van der Waals surface area contributed by atoms with Crippen molar-refractivity contribution >= 4 is 88.0 Å². The molecule has 3 aromatic carbocycles. The number of hydrogen-bond acceptors (Lipinski definition) is 24. The van der Waals surface area contributed by atoms with Crippen LogP contribution in [0.15, 0.2) is 54.6 Å². The molecule has 0 spiro atoms. The molecule has 18 atom stereocenters. The van der Waals surface area contributed by atoms with Crippen LogP contribution in [0.2, 0.25) is 0 Å². The van der Waals surface area contributed by atoms with Gasteiger partial charge in [0.2, 0.25) is 35.4 Å². The smallest absolute Gasteiger partial charge is 0.422 e. The van der Waals surface area contributed by atoms with E-state index in [-0.39, 0.29) is 140 Å². The first-order chi connectivity index (χ1) is 64.9. The molecular formula is C99H126F9N12O18V3-3. The standard InChI is InChI=1S/C34H44F3N4O6.C33H42F3N4O6.C32H40F3N4O6.3V/c1-20-26(18-42)41-17-27(20)46-29-24(38-23-14-13-22(16-25(23)39-29)45-19-34(35,36)37)12-8-6-7-10-21-11-9-15-33(21,5)47-31(44)40-28(30(41)43)32(2,3)4;1-19-25(17-41)40-16-27(19)45-29-23(37-22-14-13-21(15-24(22)38-29)44-18-33(34,35)36)11-7-5-6-9-20-10-8-12-26(20)46-31(43)39-28(30(40)42)32(2,3)4;1-18-24(16-40)39-15-25(18)44-27-22(36-21-12-11-20(13-23(21)37-27)43-17-32(33,34)35)10-8-6-7-9-19-14-31(19,5)45-29(42)38-26(28(39)41)30(2,3)4;;;/h13-14,16,20-21,26-28H,6-12,15,17,19H2,1-5H3,(H,40,44);13-15,19-20,25-28H,5-12,16,18H2,1-4H3,(H,39,43);11-13,18-19,24-26H,6-10,14-15,17H2,1-5H3,(H,38,42);;;/q3*-1;;;/t20-,21+,26+,27-,28+,33+;19-,20+,25+,26+,27-,28+;18-,19+,24+,25-,26+,31+;;;/m000.../s1. The Labute approximate surface area is 850 Å². The Morgan fingerprint density at radius 3 is 1.04 bits per heavy atom. The van der Waals surface area contributed by atoms with Gasteiger partial charge in [0, 0.05) is 79.8 Å². The van der Waals surface area contributed by atoms with Crippen LogP contribution >= 0.6 is 0 Å². The van der Waals surface area contributed by atoms with Crippen LogP contribution in [0, 0.1) is 51.8 Å². The number of carbonyl (C=O) groups is 6. The summed E-state index contributed by atoms with van der Waals surface area (Å²) in [6, 6.07) is 7.31. The minimum absolute atomic E-state index is 0. The molecule has 30 nitrogen and oxygen atoms in total. The van der Waals surface area contributed by atoms with Crippen molar-refractivity contribution in [1.29, 1.82) is 0 Å². The van der Waals surface area contributed by atoms with Gasteiger partial charge in [-0.25, -0.2) is 63.1 Å². The van der Waals surface area contributed by atoms with Crippen LogP contribution in [0.4, 0.5) is 53.9 Å². The molecule has 15 rings (SSSR count). The second-order valence-corrected chi connectivity index (χ2v) is 42.0. The molecule has 42 heteroatoms. The number of aryl methyl sites for hydroxylation is 3. The topological polar surface area (TPSA) is 360 Å². The van der Waals surface area contributed by atoms with Crippen molar-refractivity contribution < 1.29 is 181 Å². The minimum atomic E-state index is -4.50. The van der Waals surface area contributed by atoms with Crippen LogP contribution in [0.5, 0.6) is 34.9 Å². The van der Waals surface area contributed by atoms with E-state index in [9.17, 15) is 82.7 Å². The summed E-state index contributed by atoms with van der Waals surface area (Å²) in [4.78, 5) is 151. The molecule has 3 aromatic heterocycles. The summed E-state index contributed by atoms with van der Waals surface area (Å²) in [7, 11) is 0. The second-order valence-electron chi connectivity index (χ2n) is 42.0. The normalized spacial score (nSPS) is 28.6. The summed E-state index contributed by atoms with van der Waals surface area (Å²) in [6.45, 7) is 21.4. The molecule has 3 saturated heterocycles. The molecule has 6 aliphatic heterocycles. The van der Waals surface area contributed by atoms with Gasteiger partial charge in [0.1, 0.15) is 88.1 Å². The first-order valence-corrected chi connectivity index (χ1v) is 47.9. The van der Waals surface area contributed by atoms with Crippen molar-refractivity contribution in [1.82, 2.24) is 60.6 Å². The molecule has 9 aliphatic rings. The number of alkyl carbamates (subject to hydrolysis) is 3. The molecule has 771 valence electrons. The van der Waals surface area contributed by atoms with E-state index in [0.717, 1.165) is 122 Å². The van der Waals surface area contributed by atoms with E-state index in [4.69, 9.17) is 57.6 Å². The van der Waals surface area contributed by atoms with E-state index < -0.39 is 174 Å². The fourth-order valence-electron chi connectivity index (χ4n) is 19.9. The molecular weight excluding hydrogens is 1970 g/mol. The number of benzene rings is 3. The largest absolute Gasteiger partial charge is 0.540 e. The van der Waals surface area contributed by atoms with Crippen LogP contribution in [0.3, 0.4) is 0 Å². The van der Waals surface area contributed by atoms with Gasteiger partial charge < -0.3 is 87.7 Å². The summed E-state index contributed by atoms with van der Waals surface area (Å²) < 4.78 is 167. The van der Waals surface area contributed by atoms with Gasteiger partial charge in [-0.05, 0) is 199 Å². The van der Waals surface area contributed by atoms with Gasteiger partial charge in [0.05, 0.1) is 52.7 Å². The van der Waals surface area contributed by atoms with Gasteiger partial charge in [0.15, 0.2) is 19.8 Å². The van der Waals surface area contributed by atoms with Crippen LogP contribution in [-0.2, 0) is 118 Å². The monoisotopic (exact) mass is 2090 g/mol. The van der Waals surface area contributed by atoms with Gasteiger partial charge in [0.25, 0.3) is 0 Å². The van der Waals surface area contributed by atoms with Crippen LogP contribution in [0.1, 0.15) is 236 Å². The van der Waals surface area contributed by atoms with E-state index in [1.165, 1.54) is 51.1 Å². The van der Waals surface area contributed by atoms with Crippen LogP contribution < -0.4 is 44.4 Å². The van der Waals surface area contributed by atoms with Crippen molar-refractivity contribution in [3.63, 3.8) is 0 Å². The SMILES string of the molecule is C[C@@H]1[C@@H]2CN(C(=O)[C@H](C(C)(C)C)NC(=O)O[C@@H]3CCC[C@H]3CCCCCc3nc4ccc(OCC(F)(F)F)cc4nc3O2)[C@@H]1[C-]=O.C[C@@H]1[C@@H]2CN(C(=O)[C@H](C(C)(C)C)NC(=O)O[C@]3(C)CCC[C@H]3CCCCCc3nc4ccc(OCC(F)(F)F)cc4nc3O2)[C@@H]1[C-]=O.C[C@@H]1[C@@H]2CN(C(=O)[C@H](C(C)(C)C)NC(=O)O[C@]3(C)C[C@H]3CCCCCc3nc4ccc(OCC(F)(F)F)cc4nc3O2)[C@@H]1[C-]=O.[V].[V].[V]. The molecule has 3 N–H and O–H groups in total. The number of hydrogen-bond donors (Lipinski definition) is 3. The zero-order valence-electron chi connectivity index (χ0n) is 81.8. The molecule has 3 aliphatic carbocycles. The molecule has 0 unspecified atom stereocenters. The Bertz CT molecular complexity index is 5400. The van der Waals surface area contributed by atoms with Gasteiger partial charge >= 0.3 is 36.8 Å². The Balaban J connectivity index is 0.000000215. The summed E-state index contributed by atoms with van der Waals surface area (Å²) in [5, 5.41) is 8.39. The zero-order valence-corrected chi connectivity index (χ0v) is 86.0. The molecule has 3 radical (unpaired) electrons. The predicted molar refractivity (Wildman–Crippen MR) is 486 cm³/mol. The molecule has 6 fully saturated rings. The summed E-state index contributed by atoms with van der Waals surface area (Å²) in [5.41, 5.74) is 0.676. The maximum absolute atomic E-state index is 14.1. The quantitative estimate of drug-likeness (QED) is 0.0687. The van der Waals surface area contributed by atoms with Gasteiger partial charge in [-0.2, -0.15) is 39.5 Å². The molecule has 6 bridgehead atoms. The van der Waals surface area contributed by atoms with Crippen molar-refractivity contribution in [3.8, 4) is 34.9 Å². The summed E-state index contributed by atoms with van der Waals surface area (Å²) in [6.07, 6.45) is 6.35. The fraction of sp³-hybridized carbons (Fsp3) is 0.667. The van der Waals surface area contributed by atoms with Crippen molar-refractivity contribution in [2.75, 3.05) is 39.5 Å². The maximum atomic E-state index is 14.1. The average Bonchev–Trinajstić information content (AvgIpc) is 1.61. The Hall–Kier alpha value is -9.17. The molecule has 9 heterocycles. The van der Waals surface area contributed by atoms with Crippen LogP contribution in [0.25, 0.3) is 33.1 Å². The number of amides is 6. The number of halogens is 9. The number of carbonyl (C=O) groups excluding carboxylic acids is 9. The van der Waals surface area contributed by atoms with Gasteiger partial charge in [-0.15, -0.1) is 0 Å². The van der Waals surface area contributed by atoms with E-state index in [1.807, 2.05) is 95.0 Å². The van der Waals surface area contributed by atoms with Crippen molar-refractivity contribution in [3.05, 3.63) is 71.7 Å². The zero-order chi connectivity index (χ0) is 100. The van der Waals surface area contributed by atoms with E-state index in [0.29, 0.717) is 63.9 Å². The van der Waals surface area contributed by atoms with E-state index in [2.05, 4.69) is 30.9 Å². The summed E-state index contributed by atoms with van der Waals surface area (Å²) >= 11 is 0. The van der Waals surface area contributed by atoms with E-state index >= 15 is 0 Å². The number of nitrogens with zero attached hydrogens (tertiary/aromatic N) is 9. The third-order valence-electron chi connectivity index (χ3n) is 28.1. The van der Waals surface area contributed by atoms with Crippen molar-refractivity contribution in [2.24, 2.45) is 51.8 Å². The van der Waals surface area contributed by atoms with E-state index in [1.54, 1.807) is 39.0 Å². The molecule has 141 heavy (non-hydrogen) atoms. The third kappa shape index (κ3) is 29.0. The number of ether oxygens (including phenoxy) is 9. The molecule has 3 saturated carbocycles. The third-order valence-corrected chi connectivity index (χ3v) is 28.1. The van der Waals surface area contributed by atoms with Crippen LogP contribution in [-0.4, -0.2) is 229 Å². The Morgan fingerprint density at radius 1 is 0.383 bits per heavy atom. The predicted octanol–water partition coefficient (Wildman–Crippen LogP) is 17.1. The Morgan fingerprint density at radius 2 is 0.702 bits per heavy atom. The van der Waals surface area contributed by atoms with Crippen molar-refractivity contribution in [2.45, 2.75) is 329 Å². The number of nitrogens with one attached hydrogen (secondary N) is 3. The second kappa shape index (κ2) is 46.9. The fourth-order valence-corrected chi connectivity index (χ4v) is 19.9. The summed E-state index contributed by atoms with van der Waals surface area (Å²) in [5.74, 6) is -1.64. The first-order valence-electron chi connectivity index (χ1n) is 47.9. The first kappa shape index (κ1) is 114. The number of fused-ring (bicyclic) bond motifs is 15. The number of rotatable bonds is 9. The van der Waals surface area contributed by atoms with Gasteiger partial charge in [-0.1, -0.05) is 140 Å². The minimum Gasteiger partial charge on any atom is -0.540 e. The molecule has 6 aromatic rings. The Kier molecular flexibility index (Phi) is 37.9. The molecule has 6 amide bonds. The average molecular weight is 2100 g/mol.